The van der Waals surface area contributed by atoms with E-state index in [1.807, 2.05) is 27.7 Å². The normalized spacial score (nSPS) is 36.3. The minimum Gasteiger partial charge on any atom is -0.355 e. The number of hydrogen-bond donors (Lipinski definition) is 0. The van der Waals surface area contributed by atoms with Crippen LogP contribution in [-0.2, 0) is 9.47 Å². The summed E-state index contributed by atoms with van der Waals surface area (Å²) in [7, 11) is 0. The molecule has 2 saturated heterocycles. The summed E-state index contributed by atoms with van der Waals surface area (Å²) >= 11 is 0. The first-order chi connectivity index (χ1) is 15.7. The van der Waals surface area contributed by atoms with Gasteiger partial charge < -0.3 is 14.4 Å². The molecule has 5 aliphatic rings. The van der Waals surface area contributed by atoms with Crippen LogP contribution in [0.3, 0.4) is 0 Å². The van der Waals surface area contributed by atoms with Crippen LogP contribution in [0.15, 0.2) is 12.2 Å². The van der Waals surface area contributed by atoms with Gasteiger partial charge in [-0.25, -0.2) is 0 Å². The Labute approximate surface area is 200 Å². The van der Waals surface area contributed by atoms with Crippen LogP contribution < -0.4 is 0 Å². The van der Waals surface area contributed by atoms with E-state index in [-0.39, 0.29) is 0 Å². The number of nitrogens with zero attached hydrogens (tertiary/aromatic N) is 1. The Morgan fingerprint density at radius 3 is 2.19 bits per heavy atom. The summed E-state index contributed by atoms with van der Waals surface area (Å²) in [6, 6.07) is 0. The van der Waals surface area contributed by atoms with E-state index in [0.29, 0.717) is 30.1 Å². The van der Waals surface area contributed by atoms with Crippen LogP contribution >= 0.6 is 0 Å². The van der Waals surface area contributed by atoms with Gasteiger partial charge in [0.05, 0.1) is 12.7 Å². The highest BCUT2D eigenvalue weighted by Crippen LogP contribution is 2.58. The topological polar surface area (TPSA) is 21.7 Å². The molecular formula is C29H55NO2. The minimum absolute atomic E-state index is 0.417. The average Bonchev–Trinajstić information content (AvgIpc) is 3.58. The Kier molecular flexibility index (Phi) is 12.9. The van der Waals surface area contributed by atoms with E-state index in [9.17, 15) is 0 Å². The van der Waals surface area contributed by atoms with Gasteiger partial charge in [-0.2, -0.15) is 0 Å². The van der Waals surface area contributed by atoms with Crippen molar-refractivity contribution in [1.29, 1.82) is 0 Å². The average molecular weight is 450 g/mol. The molecule has 2 aliphatic heterocycles. The van der Waals surface area contributed by atoms with E-state index < -0.39 is 0 Å². The standard InChI is InChI=1S/C20H33NO2.C5H10.2C2H6/c1-15-5-6-18-16-13-22-14-23-19(16)7-9-20(18,2)17(15)8-12-21-10-3-4-11-21;1-2-4-5-3-1;2*1-2/h16-19H,1,3-14H2,2H3;1-5H2;2*1-2H3. The fourth-order valence-corrected chi connectivity index (χ4v) is 7.04. The first-order valence-corrected chi connectivity index (χ1v) is 14.3. The van der Waals surface area contributed by atoms with Gasteiger partial charge >= 0.3 is 0 Å². The molecule has 0 aromatic carbocycles. The minimum atomic E-state index is 0.417. The fourth-order valence-electron chi connectivity index (χ4n) is 7.04. The molecule has 188 valence electrons. The van der Waals surface area contributed by atoms with Gasteiger partial charge in [0.1, 0.15) is 6.79 Å². The highest BCUT2D eigenvalue weighted by atomic mass is 16.7. The molecule has 0 amide bonds. The number of ether oxygens (including phenoxy) is 2. The van der Waals surface area contributed by atoms with E-state index in [0.717, 1.165) is 12.5 Å². The second-order valence-electron chi connectivity index (χ2n) is 10.4. The fraction of sp³-hybridized carbons (Fsp3) is 0.931. The molecule has 32 heavy (non-hydrogen) atoms. The maximum Gasteiger partial charge on any atom is 0.147 e. The zero-order chi connectivity index (χ0) is 23.4. The zero-order valence-corrected chi connectivity index (χ0v) is 22.3. The van der Waals surface area contributed by atoms with Gasteiger partial charge in [0, 0.05) is 5.92 Å². The predicted octanol–water partition coefficient (Wildman–Crippen LogP) is 7.85. The van der Waals surface area contributed by atoms with Crippen LogP contribution in [0, 0.1) is 23.2 Å². The lowest BCUT2D eigenvalue weighted by Crippen LogP contribution is -2.54. The SMILES string of the molecule is C1CCCC1.C=C1CCC2C3COCOC3CCC2(C)C1CCN1CCCC1.CC.CC. The van der Waals surface area contributed by atoms with Crippen molar-refractivity contribution in [3.05, 3.63) is 12.2 Å². The Morgan fingerprint density at radius 1 is 0.938 bits per heavy atom. The highest BCUT2D eigenvalue weighted by Gasteiger charge is 2.53. The van der Waals surface area contributed by atoms with E-state index in [4.69, 9.17) is 9.47 Å². The number of hydrogen-bond acceptors (Lipinski definition) is 3. The van der Waals surface area contributed by atoms with Crippen molar-refractivity contribution >= 4 is 0 Å². The van der Waals surface area contributed by atoms with Gasteiger partial charge in [-0.15, -0.1) is 0 Å². The van der Waals surface area contributed by atoms with E-state index in [1.165, 1.54) is 102 Å². The summed E-state index contributed by atoms with van der Waals surface area (Å²) in [5, 5.41) is 0. The summed E-state index contributed by atoms with van der Waals surface area (Å²) < 4.78 is 11.6. The molecule has 3 heteroatoms. The number of allylic oxidation sites excluding steroid dienone is 1. The van der Waals surface area contributed by atoms with Gasteiger partial charge in [-0.05, 0) is 81.8 Å². The van der Waals surface area contributed by atoms with E-state index >= 15 is 0 Å². The second kappa shape index (κ2) is 14.8. The zero-order valence-electron chi connectivity index (χ0n) is 22.3. The summed E-state index contributed by atoms with van der Waals surface area (Å²) in [5.41, 5.74) is 1.94. The van der Waals surface area contributed by atoms with Gasteiger partial charge in [-0.3, -0.25) is 0 Å². The van der Waals surface area contributed by atoms with Gasteiger partial charge in [-0.1, -0.05) is 78.9 Å². The summed E-state index contributed by atoms with van der Waals surface area (Å²) in [6.07, 6.45) is 17.1. The van der Waals surface area contributed by atoms with Crippen molar-refractivity contribution in [3.63, 3.8) is 0 Å². The summed E-state index contributed by atoms with van der Waals surface area (Å²) in [4.78, 5) is 2.67. The van der Waals surface area contributed by atoms with E-state index in [1.54, 1.807) is 0 Å². The molecular weight excluding hydrogens is 394 g/mol. The first kappa shape index (κ1) is 27.9. The molecule has 5 rings (SSSR count). The lowest BCUT2D eigenvalue weighted by atomic mass is 9.50. The molecule has 0 bridgehead atoms. The van der Waals surface area contributed by atoms with Crippen LogP contribution in [0.25, 0.3) is 0 Å². The first-order valence-electron chi connectivity index (χ1n) is 14.3. The largest absolute Gasteiger partial charge is 0.355 e. The van der Waals surface area contributed by atoms with Crippen molar-refractivity contribution in [3.8, 4) is 0 Å². The predicted molar refractivity (Wildman–Crippen MR) is 138 cm³/mol. The maximum atomic E-state index is 5.93. The third kappa shape index (κ3) is 7.06. The molecule has 3 aliphatic carbocycles. The van der Waals surface area contributed by atoms with Crippen molar-refractivity contribution in [2.24, 2.45) is 23.2 Å². The third-order valence-corrected chi connectivity index (χ3v) is 8.73. The van der Waals surface area contributed by atoms with Crippen molar-refractivity contribution in [2.45, 2.75) is 118 Å². The maximum absolute atomic E-state index is 5.93. The molecule has 5 unspecified atom stereocenters. The second-order valence-corrected chi connectivity index (χ2v) is 10.4. The molecule has 0 spiro atoms. The lowest BCUT2D eigenvalue weighted by Gasteiger charge is -2.57. The van der Waals surface area contributed by atoms with Crippen LogP contribution in [0.2, 0.25) is 0 Å². The Bertz CT molecular complexity index is 504. The smallest absolute Gasteiger partial charge is 0.147 e. The van der Waals surface area contributed by atoms with Crippen LogP contribution in [-0.4, -0.2) is 44.0 Å². The van der Waals surface area contributed by atoms with Crippen molar-refractivity contribution < 1.29 is 9.47 Å². The Morgan fingerprint density at radius 2 is 1.56 bits per heavy atom. The van der Waals surface area contributed by atoms with E-state index in [2.05, 4.69) is 18.4 Å². The highest BCUT2D eigenvalue weighted by molar-refractivity contribution is 5.15. The van der Waals surface area contributed by atoms with Crippen LogP contribution in [0.4, 0.5) is 0 Å². The van der Waals surface area contributed by atoms with Crippen LogP contribution in [0.1, 0.15) is 112 Å². The summed E-state index contributed by atoms with van der Waals surface area (Å²) in [6.45, 7) is 20.4. The number of rotatable bonds is 3. The van der Waals surface area contributed by atoms with Gasteiger partial charge in [0.2, 0.25) is 0 Å². The third-order valence-electron chi connectivity index (χ3n) is 8.73. The molecule has 5 atom stereocenters. The number of likely N-dealkylation sites (tertiary alicyclic amines) is 1. The van der Waals surface area contributed by atoms with Crippen LogP contribution in [0.5, 0.6) is 0 Å². The molecule has 2 heterocycles. The van der Waals surface area contributed by atoms with Gasteiger partial charge in [0.25, 0.3) is 0 Å². The molecule has 3 nitrogen and oxygen atoms in total. The lowest BCUT2D eigenvalue weighted by molar-refractivity contribution is -0.218. The van der Waals surface area contributed by atoms with Gasteiger partial charge in [0.15, 0.2) is 0 Å². The Hall–Kier alpha value is -0.380. The molecule has 0 aromatic heterocycles. The summed E-state index contributed by atoms with van der Waals surface area (Å²) in [5.74, 6) is 2.07. The molecule has 5 fully saturated rings. The number of fused-ring (bicyclic) bond motifs is 3. The monoisotopic (exact) mass is 449 g/mol. The molecule has 0 radical (unpaired) electrons. The van der Waals surface area contributed by atoms with Crippen molar-refractivity contribution in [1.82, 2.24) is 4.90 Å². The Balaban J connectivity index is 0.000000345. The van der Waals surface area contributed by atoms with Crippen molar-refractivity contribution in [2.75, 3.05) is 33.0 Å². The molecule has 0 N–H and O–H groups in total. The molecule has 0 aromatic rings. The quantitative estimate of drug-likeness (QED) is 0.409. The molecule has 3 saturated carbocycles.